The van der Waals surface area contributed by atoms with Gasteiger partial charge < -0.3 is 0 Å². The molecular formula is C12H18N6O. The van der Waals surface area contributed by atoms with Crippen LogP contribution >= 0.6 is 0 Å². The first-order valence-corrected chi connectivity index (χ1v) is 6.32. The number of carbonyl (C=O) groups is 1. The van der Waals surface area contributed by atoms with Gasteiger partial charge in [-0.25, -0.2) is 4.68 Å². The van der Waals surface area contributed by atoms with E-state index in [1.165, 1.54) is 17.3 Å². The molecular weight excluding hydrogens is 244 g/mol. The maximum absolute atomic E-state index is 12.1. The fraction of sp³-hybridized carbons (Fsp3) is 0.500. The van der Waals surface area contributed by atoms with Gasteiger partial charge in [0.2, 0.25) is 0 Å². The largest absolute Gasteiger partial charge is 0.288 e. The van der Waals surface area contributed by atoms with Gasteiger partial charge >= 0.3 is 0 Å². The molecule has 7 nitrogen and oxygen atoms in total. The highest BCUT2D eigenvalue weighted by molar-refractivity contribution is 5.98. The minimum absolute atomic E-state index is 0.218. The van der Waals surface area contributed by atoms with Crippen molar-refractivity contribution in [2.75, 3.05) is 5.43 Å². The Morgan fingerprint density at radius 1 is 1.37 bits per heavy atom. The van der Waals surface area contributed by atoms with Crippen LogP contribution in [0.15, 0.2) is 18.7 Å². The summed E-state index contributed by atoms with van der Waals surface area (Å²) < 4.78 is 3.12. The van der Waals surface area contributed by atoms with E-state index in [-0.39, 0.29) is 5.91 Å². The molecule has 0 radical (unpaired) electrons. The second-order valence-corrected chi connectivity index (χ2v) is 4.74. The molecule has 102 valence electrons. The lowest BCUT2D eigenvalue weighted by Gasteiger charge is -2.05. The molecule has 2 heterocycles. The summed E-state index contributed by atoms with van der Waals surface area (Å²) in [6.07, 6.45) is 3.72. The monoisotopic (exact) mass is 262 g/mol. The van der Waals surface area contributed by atoms with Crippen LogP contribution < -0.4 is 5.43 Å². The summed E-state index contributed by atoms with van der Waals surface area (Å²) in [6, 6.07) is 1.84. The van der Waals surface area contributed by atoms with Crippen molar-refractivity contribution < 1.29 is 4.79 Å². The van der Waals surface area contributed by atoms with E-state index in [1.54, 1.807) is 4.68 Å². The highest BCUT2D eigenvalue weighted by Crippen LogP contribution is 2.10. The summed E-state index contributed by atoms with van der Waals surface area (Å²) in [5, 5.41) is 11.7. The first kappa shape index (κ1) is 13.3. The van der Waals surface area contributed by atoms with Gasteiger partial charge in [0.25, 0.3) is 5.91 Å². The molecule has 0 aliphatic rings. The molecule has 0 aliphatic heterocycles. The molecule has 2 aromatic heterocycles. The number of rotatable bonds is 5. The predicted octanol–water partition coefficient (Wildman–Crippen LogP) is 1.08. The van der Waals surface area contributed by atoms with Crippen LogP contribution in [0.5, 0.6) is 0 Å². The zero-order valence-corrected chi connectivity index (χ0v) is 11.4. The molecule has 0 atom stereocenters. The zero-order valence-electron chi connectivity index (χ0n) is 11.4. The lowest BCUT2D eigenvalue weighted by Crippen LogP contribution is -2.24. The molecule has 19 heavy (non-hydrogen) atoms. The molecule has 0 bridgehead atoms. The Labute approximate surface area is 111 Å². The number of nitrogens with one attached hydrogen (secondary N) is 1. The van der Waals surface area contributed by atoms with E-state index in [9.17, 15) is 4.79 Å². The molecule has 0 unspecified atom stereocenters. The van der Waals surface area contributed by atoms with Crippen LogP contribution in [0, 0.1) is 5.92 Å². The fourth-order valence-corrected chi connectivity index (χ4v) is 1.84. The average Bonchev–Trinajstić information content (AvgIpc) is 2.97. The Morgan fingerprint density at radius 2 is 2.05 bits per heavy atom. The van der Waals surface area contributed by atoms with Crippen molar-refractivity contribution in [1.82, 2.24) is 24.7 Å². The number of amides is 1. The van der Waals surface area contributed by atoms with Crippen molar-refractivity contribution >= 4 is 5.91 Å². The molecule has 0 saturated heterocycles. The van der Waals surface area contributed by atoms with E-state index in [2.05, 4.69) is 34.6 Å². The molecule has 0 aliphatic carbocycles. The van der Waals surface area contributed by atoms with Crippen molar-refractivity contribution in [3.05, 3.63) is 30.1 Å². The molecule has 0 fully saturated rings. The molecule has 0 aromatic carbocycles. The van der Waals surface area contributed by atoms with E-state index in [4.69, 9.17) is 0 Å². The third kappa shape index (κ3) is 3.18. The molecule has 0 spiro atoms. The third-order valence-electron chi connectivity index (χ3n) is 2.63. The van der Waals surface area contributed by atoms with Gasteiger partial charge in [0.1, 0.15) is 18.3 Å². The number of hydrogen-bond acceptors (Lipinski definition) is 4. The molecule has 2 aromatic rings. The van der Waals surface area contributed by atoms with Gasteiger partial charge in [-0.15, -0.1) is 10.2 Å². The normalized spacial score (nSPS) is 10.9. The standard InChI is InChI=1S/C12H18N6O/c1-4-18-11(6-10(15-18)5-9(2)3)12(19)16-17-7-13-14-8-17/h6-9H,4-5H2,1-3H3,(H,16,19). The van der Waals surface area contributed by atoms with Gasteiger partial charge in [-0.1, -0.05) is 13.8 Å². The summed E-state index contributed by atoms with van der Waals surface area (Å²) in [5.41, 5.74) is 4.16. The van der Waals surface area contributed by atoms with Gasteiger partial charge in [0, 0.05) is 6.54 Å². The fourth-order valence-electron chi connectivity index (χ4n) is 1.84. The van der Waals surface area contributed by atoms with Crippen molar-refractivity contribution in [2.24, 2.45) is 5.92 Å². The summed E-state index contributed by atoms with van der Waals surface area (Å²) in [6.45, 7) is 6.87. The van der Waals surface area contributed by atoms with Crippen LogP contribution in [-0.2, 0) is 13.0 Å². The van der Waals surface area contributed by atoms with Gasteiger partial charge in [-0.3, -0.25) is 14.9 Å². The number of aromatic nitrogens is 5. The van der Waals surface area contributed by atoms with Gasteiger partial charge in [-0.05, 0) is 25.3 Å². The molecule has 1 N–H and O–H groups in total. The Kier molecular flexibility index (Phi) is 3.94. The van der Waals surface area contributed by atoms with Crippen molar-refractivity contribution in [3.8, 4) is 0 Å². The van der Waals surface area contributed by atoms with Gasteiger partial charge in [-0.2, -0.15) is 5.10 Å². The van der Waals surface area contributed by atoms with E-state index in [0.29, 0.717) is 18.2 Å². The van der Waals surface area contributed by atoms with Gasteiger partial charge in [0.15, 0.2) is 0 Å². The maximum Gasteiger partial charge on any atom is 0.288 e. The average molecular weight is 262 g/mol. The zero-order chi connectivity index (χ0) is 13.8. The SMILES string of the molecule is CCn1nc(CC(C)C)cc1C(=O)Nn1cnnc1. The smallest absolute Gasteiger partial charge is 0.266 e. The second-order valence-electron chi connectivity index (χ2n) is 4.74. The minimum atomic E-state index is -0.218. The molecule has 2 rings (SSSR count). The van der Waals surface area contributed by atoms with E-state index in [1.807, 2.05) is 13.0 Å². The number of nitrogens with zero attached hydrogens (tertiary/aromatic N) is 5. The molecule has 7 heteroatoms. The highest BCUT2D eigenvalue weighted by Gasteiger charge is 2.15. The van der Waals surface area contributed by atoms with Gasteiger partial charge in [0.05, 0.1) is 5.69 Å². The van der Waals surface area contributed by atoms with Crippen molar-refractivity contribution in [2.45, 2.75) is 33.7 Å². The maximum atomic E-state index is 12.1. The summed E-state index contributed by atoms with van der Waals surface area (Å²) >= 11 is 0. The lowest BCUT2D eigenvalue weighted by molar-refractivity contribution is 0.0997. The molecule has 0 saturated carbocycles. The van der Waals surface area contributed by atoms with Crippen LogP contribution in [0.2, 0.25) is 0 Å². The van der Waals surface area contributed by atoms with Crippen LogP contribution in [0.25, 0.3) is 0 Å². The topological polar surface area (TPSA) is 77.6 Å². The van der Waals surface area contributed by atoms with E-state index in [0.717, 1.165) is 12.1 Å². The summed E-state index contributed by atoms with van der Waals surface area (Å²) in [5.74, 6) is 0.290. The number of hydrogen-bond donors (Lipinski definition) is 1. The van der Waals surface area contributed by atoms with Crippen LogP contribution in [0.1, 0.15) is 37.0 Å². The van der Waals surface area contributed by atoms with Crippen LogP contribution in [0.4, 0.5) is 0 Å². The Balaban J connectivity index is 2.18. The molecule has 1 amide bonds. The van der Waals surface area contributed by atoms with Crippen LogP contribution in [-0.4, -0.2) is 30.6 Å². The predicted molar refractivity (Wildman–Crippen MR) is 70.2 cm³/mol. The van der Waals surface area contributed by atoms with Crippen LogP contribution in [0.3, 0.4) is 0 Å². The Bertz CT molecular complexity index is 543. The minimum Gasteiger partial charge on any atom is -0.266 e. The van der Waals surface area contributed by atoms with E-state index >= 15 is 0 Å². The number of aryl methyl sites for hydroxylation is 1. The second kappa shape index (κ2) is 5.64. The summed E-state index contributed by atoms with van der Waals surface area (Å²) in [4.78, 5) is 12.1. The lowest BCUT2D eigenvalue weighted by atomic mass is 10.1. The first-order chi connectivity index (χ1) is 9.10. The highest BCUT2D eigenvalue weighted by atomic mass is 16.2. The quantitative estimate of drug-likeness (QED) is 0.874. The Hall–Kier alpha value is -2.18. The first-order valence-electron chi connectivity index (χ1n) is 6.32. The summed E-state index contributed by atoms with van der Waals surface area (Å²) in [7, 11) is 0. The van der Waals surface area contributed by atoms with Crippen molar-refractivity contribution in [3.63, 3.8) is 0 Å². The number of carbonyl (C=O) groups excluding carboxylic acids is 1. The Morgan fingerprint density at radius 3 is 2.63 bits per heavy atom. The van der Waals surface area contributed by atoms with Crippen molar-refractivity contribution in [1.29, 1.82) is 0 Å². The third-order valence-corrected chi connectivity index (χ3v) is 2.63. The van der Waals surface area contributed by atoms with E-state index < -0.39 is 0 Å².